The molecule has 8 heteroatoms. The molecule has 3 aromatic heterocycles. The third-order valence-corrected chi connectivity index (χ3v) is 3.80. The highest BCUT2D eigenvalue weighted by molar-refractivity contribution is 7.17. The molecule has 3 aromatic rings. The average Bonchev–Trinajstić information content (AvgIpc) is 2.96. The fourth-order valence-electron chi connectivity index (χ4n) is 1.98. The number of nitrogens with one attached hydrogen (secondary N) is 1. The van der Waals surface area contributed by atoms with Crippen LogP contribution in [0.4, 0.5) is 5.82 Å². The van der Waals surface area contributed by atoms with Crippen LogP contribution in [0.25, 0.3) is 10.2 Å². The Bertz CT molecular complexity index is 893. The smallest absolute Gasteiger partial charge is 0.268 e. The quantitative estimate of drug-likeness (QED) is 0.782. The van der Waals surface area contributed by atoms with Crippen molar-refractivity contribution in [2.75, 3.05) is 11.9 Å². The maximum Gasteiger partial charge on any atom is 0.268 e. The zero-order valence-electron chi connectivity index (χ0n) is 11.1. The lowest BCUT2D eigenvalue weighted by molar-refractivity contribution is 0.821. The highest BCUT2D eigenvalue weighted by Crippen LogP contribution is 2.16. The van der Waals surface area contributed by atoms with E-state index in [1.807, 2.05) is 17.5 Å². The number of aromatic nitrogens is 4. The number of aromatic amines is 1. The minimum Gasteiger partial charge on any atom is -0.350 e. The number of hydrogen-bond acceptors (Lipinski definition) is 7. The first-order chi connectivity index (χ1) is 10.2. The van der Waals surface area contributed by atoms with E-state index >= 15 is 0 Å². The van der Waals surface area contributed by atoms with E-state index in [2.05, 4.69) is 19.9 Å². The van der Waals surface area contributed by atoms with Gasteiger partial charge >= 0.3 is 0 Å². The maximum absolute atomic E-state index is 11.9. The summed E-state index contributed by atoms with van der Waals surface area (Å²) in [4.78, 5) is 28.9. The molecule has 0 radical (unpaired) electrons. The summed E-state index contributed by atoms with van der Waals surface area (Å²) in [6.07, 6.45) is 2.98. The number of fused-ring (bicyclic) bond motifs is 1. The predicted octanol–water partition coefficient (Wildman–Crippen LogP) is 1.28. The number of thiophene rings is 1. The summed E-state index contributed by atoms with van der Waals surface area (Å²) in [5.41, 5.74) is 0.754. The van der Waals surface area contributed by atoms with Crippen molar-refractivity contribution in [3.63, 3.8) is 0 Å². The van der Waals surface area contributed by atoms with E-state index < -0.39 is 0 Å². The Morgan fingerprint density at radius 2 is 2.24 bits per heavy atom. The van der Waals surface area contributed by atoms with Crippen molar-refractivity contribution in [2.24, 2.45) is 0 Å². The molecular formula is C13H10N6OS. The molecule has 3 heterocycles. The number of hydrogen-bond donors (Lipinski definition) is 1. The molecule has 104 valence electrons. The monoisotopic (exact) mass is 298 g/mol. The minimum absolute atomic E-state index is 0.155. The predicted molar refractivity (Wildman–Crippen MR) is 79.1 cm³/mol. The molecule has 0 spiro atoms. The largest absolute Gasteiger partial charge is 0.350 e. The van der Waals surface area contributed by atoms with Gasteiger partial charge in [0.15, 0.2) is 11.5 Å². The molecule has 0 atom stereocenters. The van der Waals surface area contributed by atoms with E-state index in [4.69, 9.17) is 5.26 Å². The van der Waals surface area contributed by atoms with Crippen LogP contribution in [0.1, 0.15) is 11.5 Å². The van der Waals surface area contributed by atoms with E-state index in [0.29, 0.717) is 28.4 Å². The first kappa shape index (κ1) is 13.2. The number of anilines is 1. The lowest BCUT2D eigenvalue weighted by atomic mass is 10.4. The second-order valence-electron chi connectivity index (χ2n) is 4.34. The molecule has 0 aliphatic heterocycles. The van der Waals surface area contributed by atoms with Gasteiger partial charge in [-0.3, -0.25) is 4.79 Å². The topological polar surface area (TPSA) is 98.6 Å². The lowest BCUT2D eigenvalue weighted by Crippen LogP contribution is -2.23. The molecule has 0 unspecified atom stereocenters. The molecule has 0 aromatic carbocycles. The van der Waals surface area contributed by atoms with Gasteiger partial charge in [0.2, 0.25) is 0 Å². The van der Waals surface area contributed by atoms with E-state index in [-0.39, 0.29) is 11.3 Å². The summed E-state index contributed by atoms with van der Waals surface area (Å²) in [6, 6.07) is 3.80. The van der Waals surface area contributed by atoms with Gasteiger partial charge in [0.25, 0.3) is 5.56 Å². The second kappa shape index (κ2) is 5.30. The molecule has 0 saturated heterocycles. The number of nitriles is 1. The summed E-state index contributed by atoms with van der Waals surface area (Å²) in [5.74, 6) is 0.969. The van der Waals surface area contributed by atoms with Gasteiger partial charge in [-0.1, -0.05) is 0 Å². The molecule has 21 heavy (non-hydrogen) atoms. The minimum atomic E-state index is -0.155. The zero-order chi connectivity index (χ0) is 14.8. The molecule has 0 aliphatic carbocycles. The highest BCUT2D eigenvalue weighted by Gasteiger charge is 2.12. The number of nitrogens with zero attached hydrogens (tertiary/aromatic N) is 5. The Morgan fingerprint density at radius 3 is 3.05 bits per heavy atom. The van der Waals surface area contributed by atoms with Gasteiger partial charge in [-0.15, -0.1) is 11.3 Å². The van der Waals surface area contributed by atoms with E-state index in [1.165, 1.54) is 23.7 Å². The first-order valence-electron chi connectivity index (χ1n) is 6.07. The van der Waals surface area contributed by atoms with Crippen molar-refractivity contribution in [1.82, 2.24) is 19.9 Å². The van der Waals surface area contributed by atoms with Crippen molar-refractivity contribution in [1.29, 1.82) is 5.26 Å². The fraction of sp³-hybridized carbons (Fsp3) is 0.154. The van der Waals surface area contributed by atoms with Gasteiger partial charge < -0.3 is 9.88 Å². The summed E-state index contributed by atoms with van der Waals surface area (Å²) < 4.78 is 0.610. The normalized spacial score (nSPS) is 10.5. The van der Waals surface area contributed by atoms with E-state index in [9.17, 15) is 4.79 Å². The van der Waals surface area contributed by atoms with Crippen molar-refractivity contribution >= 4 is 27.4 Å². The molecule has 0 amide bonds. The Hall–Kier alpha value is -2.79. The number of H-pyrrole nitrogens is 1. The lowest BCUT2D eigenvalue weighted by Gasteiger charge is -2.17. The molecule has 1 N–H and O–H groups in total. The van der Waals surface area contributed by atoms with Crippen LogP contribution < -0.4 is 10.5 Å². The van der Waals surface area contributed by atoms with Crippen LogP contribution in [0.15, 0.2) is 28.6 Å². The molecule has 0 bridgehead atoms. The second-order valence-corrected chi connectivity index (χ2v) is 5.26. The van der Waals surface area contributed by atoms with Crippen LogP contribution >= 0.6 is 11.3 Å². The van der Waals surface area contributed by atoms with Crippen molar-refractivity contribution < 1.29 is 0 Å². The van der Waals surface area contributed by atoms with Gasteiger partial charge in [0, 0.05) is 19.4 Å². The molecule has 3 rings (SSSR count). The molecular weight excluding hydrogens is 288 g/mol. The van der Waals surface area contributed by atoms with E-state index in [1.54, 1.807) is 11.9 Å². The Kier molecular flexibility index (Phi) is 3.33. The Labute approximate surface area is 123 Å². The molecule has 0 aliphatic rings. The van der Waals surface area contributed by atoms with E-state index in [0.717, 1.165) is 0 Å². The third-order valence-electron chi connectivity index (χ3n) is 2.90. The highest BCUT2D eigenvalue weighted by atomic mass is 32.1. The third kappa shape index (κ3) is 2.46. The summed E-state index contributed by atoms with van der Waals surface area (Å²) in [6.45, 7) is 0.328. The number of rotatable bonds is 3. The average molecular weight is 298 g/mol. The summed E-state index contributed by atoms with van der Waals surface area (Å²) in [5, 5.41) is 10.9. The van der Waals surface area contributed by atoms with Crippen LogP contribution in [0, 0.1) is 11.3 Å². The first-order valence-corrected chi connectivity index (χ1v) is 6.95. The van der Waals surface area contributed by atoms with Crippen LogP contribution in [0.3, 0.4) is 0 Å². The summed E-state index contributed by atoms with van der Waals surface area (Å²) in [7, 11) is 1.77. The standard InChI is InChI=1S/C13H10N6OS/c1-19(12-9(6-14)15-3-4-16-12)7-10-17-8-2-5-21-11(8)13(20)18-10/h2-5H,7H2,1H3,(H,17,18,20). The van der Waals surface area contributed by atoms with Crippen LogP contribution in [-0.2, 0) is 6.54 Å². The van der Waals surface area contributed by atoms with Gasteiger partial charge in [-0.2, -0.15) is 5.26 Å². The molecule has 0 fully saturated rings. The van der Waals surface area contributed by atoms with Crippen LogP contribution in [-0.4, -0.2) is 27.0 Å². The molecule has 0 saturated carbocycles. The zero-order valence-corrected chi connectivity index (χ0v) is 11.9. The van der Waals surface area contributed by atoms with Crippen molar-refractivity contribution in [3.05, 3.63) is 45.7 Å². The molecule has 7 nitrogen and oxygen atoms in total. The van der Waals surface area contributed by atoms with Crippen LogP contribution in [0.2, 0.25) is 0 Å². The van der Waals surface area contributed by atoms with Crippen LogP contribution in [0.5, 0.6) is 0 Å². The van der Waals surface area contributed by atoms with Crippen molar-refractivity contribution in [2.45, 2.75) is 6.54 Å². The summed E-state index contributed by atoms with van der Waals surface area (Å²) >= 11 is 1.36. The van der Waals surface area contributed by atoms with Gasteiger partial charge in [-0.05, 0) is 11.4 Å². The maximum atomic E-state index is 11.9. The fourth-order valence-corrected chi connectivity index (χ4v) is 2.71. The Morgan fingerprint density at radius 1 is 1.43 bits per heavy atom. The SMILES string of the molecule is CN(Cc1nc2ccsc2c(=O)[nH]1)c1nccnc1C#N. The van der Waals surface area contributed by atoms with Gasteiger partial charge in [0.05, 0.1) is 12.1 Å². The van der Waals surface area contributed by atoms with Gasteiger partial charge in [-0.25, -0.2) is 15.0 Å². The Balaban J connectivity index is 1.94. The van der Waals surface area contributed by atoms with Crippen molar-refractivity contribution in [3.8, 4) is 6.07 Å². The van der Waals surface area contributed by atoms with Gasteiger partial charge in [0.1, 0.15) is 16.6 Å².